The number of rotatable bonds is 8. The Morgan fingerprint density at radius 1 is 1.19 bits per heavy atom. The van der Waals surface area contributed by atoms with Crippen molar-refractivity contribution in [2.45, 2.75) is 70.9 Å². The standard InChI is InChI=1S/C18H28FNO/c1-3-5-6-7-8-15-13-17(20-11-4-2)16-12-14(19)9-10-18(16)21-15/h9-10,12,15,17,20H,3-8,11,13H2,1-2H3. The second kappa shape index (κ2) is 8.38. The third kappa shape index (κ3) is 4.70. The Morgan fingerprint density at radius 3 is 2.81 bits per heavy atom. The van der Waals surface area contributed by atoms with Crippen molar-refractivity contribution in [1.82, 2.24) is 5.32 Å². The Balaban J connectivity index is 2.00. The lowest BCUT2D eigenvalue weighted by molar-refractivity contribution is 0.137. The van der Waals surface area contributed by atoms with Crippen molar-refractivity contribution in [2.75, 3.05) is 6.54 Å². The van der Waals surface area contributed by atoms with Crippen LogP contribution in [0.15, 0.2) is 18.2 Å². The zero-order valence-corrected chi connectivity index (χ0v) is 13.3. The van der Waals surface area contributed by atoms with Crippen LogP contribution < -0.4 is 10.1 Å². The monoisotopic (exact) mass is 293 g/mol. The van der Waals surface area contributed by atoms with Crippen molar-refractivity contribution in [3.63, 3.8) is 0 Å². The van der Waals surface area contributed by atoms with E-state index in [-0.39, 0.29) is 18.0 Å². The number of halogens is 1. The van der Waals surface area contributed by atoms with Crippen molar-refractivity contribution in [1.29, 1.82) is 0 Å². The summed E-state index contributed by atoms with van der Waals surface area (Å²) in [6, 6.07) is 5.12. The second-order valence-corrected chi connectivity index (χ2v) is 6.01. The van der Waals surface area contributed by atoms with Gasteiger partial charge in [0, 0.05) is 18.0 Å². The van der Waals surface area contributed by atoms with Gasteiger partial charge in [-0.15, -0.1) is 0 Å². The van der Waals surface area contributed by atoms with Gasteiger partial charge in [-0.1, -0.05) is 33.1 Å². The van der Waals surface area contributed by atoms with Crippen LogP contribution >= 0.6 is 0 Å². The Labute approximate surface area is 128 Å². The summed E-state index contributed by atoms with van der Waals surface area (Å²) in [7, 11) is 0. The molecule has 1 aliphatic heterocycles. The fourth-order valence-corrected chi connectivity index (χ4v) is 3.00. The lowest BCUT2D eigenvalue weighted by Crippen LogP contribution is -2.33. The van der Waals surface area contributed by atoms with Crippen LogP contribution in [-0.2, 0) is 0 Å². The predicted octanol–water partition coefficient (Wildman–Crippen LogP) is 4.99. The van der Waals surface area contributed by atoms with Crippen LogP contribution in [0.2, 0.25) is 0 Å². The molecule has 0 saturated carbocycles. The first-order chi connectivity index (χ1) is 10.2. The van der Waals surface area contributed by atoms with Gasteiger partial charge in [0.1, 0.15) is 17.7 Å². The minimum Gasteiger partial charge on any atom is -0.490 e. The van der Waals surface area contributed by atoms with Crippen LogP contribution in [-0.4, -0.2) is 12.6 Å². The minimum atomic E-state index is -0.179. The lowest BCUT2D eigenvalue weighted by Gasteiger charge is -2.33. The maximum atomic E-state index is 13.5. The van der Waals surface area contributed by atoms with Crippen molar-refractivity contribution < 1.29 is 9.13 Å². The van der Waals surface area contributed by atoms with E-state index in [0.29, 0.717) is 0 Å². The van der Waals surface area contributed by atoms with Gasteiger partial charge in [-0.05, 0) is 44.0 Å². The molecule has 21 heavy (non-hydrogen) atoms. The van der Waals surface area contributed by atoms with Gasteiger partial charge in [0.25, 0.3) is 0 Å². The molecule has 0 amide bonds. The van der Waals surface area contributed by atoms with E-state index in [1.165, 1.54) is 31.7 Å². The second-order valence-electron chi connectivity index (χ2n) is 6.01. The predicted molar refractivity (Wildman–Crippen MR) is 85.2 cm³/mol. The number of fused-ring (bicyclic) bond motifs is 1. The van der Waals surface area contributed by atoms with Crippen molar-refractivity contribution in [3.8, 4) is 5.75 Å². The first-order valence-electron chi connectivity index (χ1n) is 8.44. The van der Waals surface area contributed by atoms with Gasteiger partial charge >= 0.3 is 0 Å². The van der Waals surface area contributed by atoms with E-state index in [4.69, 9.17) is 4.74 Å². The molecule has 1 heterocycles. The lowest BCUT2D eigenvalue weighted by atomic mass is 9.93. The Bertz CT molecular complexity index is 435. The summed E-state index contributed by atoms with van der Waals surface area (Å²) in [6.45, 7) is 5.34. The summed E-state index contributed by atoms with van der Waals surface area (Å²) >= 11 is 0. The molecule has 1 aromatic carbocycles. The molecule has 3 heteroatoms. The Kier molecular flexibility index (Phi) is 6.50. The van der Waals surface area contributed by atoms with Crippen LogP contribution in [0.3, 0.4) is 0 Å². The van der Waals surface area contributed by atoms with Crippen LogP contribution in [0.5, 0.6) is 5.75 Å². The molecule has 2 rings (SSSR count). The number of benzene rings is 1. The van der Waals surface area contributed by atoms with Gasteiger partial charge in [0.15, 0.2) is 0 Å². The van der Waals surface area contributed by atoms with E-state index in [2.05, 4.69) is 19.2 Å². The normalized spacial score (nSPS) is 20.9. The molecule has 2 atom stereocenters. The first-order valence-corrected chi connectivity index (χ1v) is 8.44. The molecule has 0 spiro atoms. The zero-order chi connectivity index (χ0) is 15.1. The SMILES string of the molecule is CCCCCCC1CC(NCCC)c2cc(F)ccc2O1. The number of hydrogen-bond donors (Lipinski definition) is 1. The zero-order valence-electron chi connectivity index (χ0n) is 13.3. The van der Waals surface area contributed by atoms with E-state index in [1.807, 2.05) is 0 Å². The van der Waals surface area contributed by atoms with E-state index in [0.717, 1.165) is 37.1 Å². The fraction of sp³-hybridized carbons (Fsp3) is 0.667. The van der Waals surface area contributed by atoms with Gasteiger partial charge in [-0.3, -0.25) is 0 Å². The summed E-state index contributed by atoms with van der Waals surface area (Å²) in [4.78, 5) is 0. The van der Waals surface area contributed by atoms with Crippen LogP contribution in [0, 0.1) is 5.82 Å². The molecular formula is C18H28FNO. The third-order valence-electron chi connectivity index (χ3n) is 4.16. The van der Waals surface area contributed by atoms with Gasteiger partial charge in [-0.2, -0.15) is 0 Å². The highest BCUT2D eigenvalue weighted by Crippen LogP contribution is 2.36. The smallest absolute Gasteiger partial charge is 0.124 e. The average molecular weight is 293 g/mol. The summed E-state index contributed by atoms with van der Waals surface area (Å²) in [6.07, 6.45) is 8.44. The molecule has 0 saturated heterocycles. The van der Waals surface area contributed by atoms with Gasteiger partial charge in [-0.25, -0.2) is 4.39 Å². The minimum absolute atomic E-state index is 0.179. The topological polar surface area (TPSA) is 21.3 Å². The Morgan fingerprint density at radius 2 is 2.05 bits per heavy atom. The molecule has 1 aliphatic rings. The summed E-state index contributed by atoms with van der Waals surface area (Å²) in [5.74, 6) is 0.679. The molecule has 0 fully saturated rings. The highest BCUT2D eigenvalue weighted by Gasteiger charge is 2.27. The van der Waals surface area contributed by atoms with E-state index >= 15 is 0 Å². The van der Waals surface area contributed by atoms with E-state index in [1.54, 1.807) is 12.1 Å². The van der Waals surface area contributed by atoms with Crippen molar-refractivity contribution in [2.24, 2.45) is 0 Å². The van der Waals surface area contributed by atoms with Crippen LogP contribution in [0.25, 0.3) is 0 Å². The molecule has 1 N–H and O–H groups in total. The number of hydrogen-bond acceptors (Lipinski definition) is 2. The molecule has 118 valence electrons. The third-order valence-corrected chi connectivity index (χ3v) is 4.16. The molecule has 0 aliphatic carbocycles. The molecule has 2 nitrogen and oxygen atoms in total. The molecule has 0 aromatic heterocycles. The van der Waals surface area contributed by atoms with Gasteiger partial charge in [0.2, 0.25) is 0 Å². The maximum Gasteiger partial charge on any atom is 0.124 e. The maximum absolute atomic E-state index is 13.5. The van der Waals surface area contributed by atoms with E-state index < -0.39 is 0 Å². The van der Waals surface area contributed by atoms with Crippen LogP contribution in [0.4, 0.5) is 4.39 Å². The Hall–Kier alpha value is -1.09. The summed E-state index contributed by atoms with van der Waals surface area (Å²) < 4.78 is 19.6. The summed E-state index contributed by atoms with van der Waals surface area (Å²) in [5, 5.41) is 3.54. The van der Waals surface area contributed by atoms with E-state index in [9.17, 15) is 4.39 Å². The molecule has 2 unspecified atom stereocenters. The fourth-order valence-electron chi connectivity index (χ4n) is 3.00. The van der Waals surface area contributed by atoms with Crippen molar-refractivity contribution in [3.05, 3.63) is 29.6 Å². The molecule has 0 radical (unpaired) electrons. The quantitative estimate of drug-likeness (QED) is 0.682. The largest absolute Gasteiger partial charge is 0.490 e. The number of nitrogens with one attached hydrogen (secondary N) is 1. The molecular weight excluding hydrogens is 265 g/mol. The van der Waals surface area contributed by atoms with Crippen molar-refractivity contribution >= 4 is 0 Å². The highest BCUT2D eigenvalue weighted by molar-refractivity contribution is 5.38. The van der Waals surface area contributed by atoms with Gasteiger partial charge < -0.3 is 10.1 Å². The number of unbranched alkanes of at least 4 members (excludes halogenated alkanes) is 3. The van der Waals surface area contributed by atoms with Gasteiger partial charge in [0.05, 0.1) is 0 Å². The summed E-state index contributed by atoms with van der Waals surface area (Å²) in [5.41, 5.74) is 0.980. The first kappa shape index (κ1) is 16.3. The highest BCUT2D eigenvalue weighted by atomic mass is 19.1. The molecule has 1 aromatic rings. The average Bonchev–Trinajstić information content (AvgIpc) is 2.49. The van der Waals surface area contributed by atoms with Crippen LogP contribution in [0.1, 0.15) is 70.4 Å². The molecule has 0 bridgehead atoms. The number of ether oxygens (including phenoxy) is 1.